The fourth-order valence-electron chi connectivity index (χ4n) is 4.91. The number of aromatic hydroxyl groups is 1. The molecule has 29 heavy (non-hydrogen) atoms. The predicted molar refractivity (Wildman–Crippen MR) is 108 cm³/mol. The number of benzene rings is 1. The van der Waals surface area contributed by atoms with E-state index in [9.17, 15) is 20.0 Å². The summed E-state index contributed by atoms with van der Waals surface area (Å²) in [7, 11) is 0. The van der Waals surface area contributed by atoms with Crippen molar-refractivity contribution in [2.75, 3.05) is 6.61 Å². The van der Waals surface area contributed by atoms with Gasteiger partial charge in [0.05, 0.1) is 6.61 Å². The maximum absolute atomic E-state index is 12.1. The molecule has 0 spiro atoms. The average molecular weight is 405 g/mol. The van der Waals surface area contributed by atoms with Crippen molar-refractivity contribution in [2.45, 2.75) is 83.2 Å². The van der Waals surface area contributed by atoms with Crippen molar-refractivity contribution < 1.29 is 24.6 Å². The SMILES string of the molecule is CC(C)(CCCCO[N+](=O)[O-])c1cc(O)c2c(c1)OC(C)(C)[C@@H]1CCC(=O)C[C@@H]21. The summed E-state index contributed by atoms with van der Waals surface area (Å²) < 4.78 is 6.34. The summed E-state index contributed by atoms with van der Waals surface area (Å²) in [6.45, 7) is 8.39. The van der Waals surface area contributed by atoms with Crippen molar-refractivity contribution in [2.24, 2.45) is 5.92 Å². The van der Waals surface area contributed by atoms with Crippen LogP contribution in [0, 0.1) is 16.0 Å². The van der Waals surface area contributed by atoms with Crippen LogP contribution in [0.25, 0.3) is 0 Å². The number of nitrogens with zero attached hydrogens (tertiary/aromatic N) is 1. The second-order valence-electron chi connectivity index (χ2n) is 9.50. The molecule has 1 aromatic rings. The number of ketones is 1. The molecule has 1 fully saturated rings. The van der Waals surface area contributed by atoms with Gasteiger partial charge in [-0.2, -0.15) is 0 Å². The van der Waals surface area contributed by atoms with Crippen molar-refractivity contribution in [3.8, 4) is 11.5 Å². The fourth-order valence-corrected chi connectivity index (χ4v) is 4.91. The first-order valence-corrected chi connectivity index (χ1v) is 10.4. The number of phenols is 1. The third kappa shape index (κ3) is 4.49. The number of hydrogen-bond donors (Lipinski definition) is 1. The lowest BCUT2D eigenvalue weighted by Gasteiger charge is -2.47. The molecule has 2 aliphatic rings. The molecule has 2 atom stereocenters. The van der Waals surface area contributed by atoms with Crippen LogP contribution >= 0.6 is 0 Å². The molecule has 7 heteroatoms. The number of unbranched alkanes of at least 4 members (excludes halogenated alkanes) is 1. The Morgan fingerprint density at radius 1 is 1.34 bits per heavy atom. The minimum absolute atomic E-state index is 0.00793. The first-order chi connectivity index (χ1) is 13.5. The molecular formula is C22H31NO6. The lowest BCUT2D eigenvalue weighted by Crippen LogP contribution is -2.47. The summed E-state index contributed by atoms with van der Waals surface area (Å²) in [5, 5.41) is 20.4. The second-order valence-corrected chi connectivity index (χ2v) is 9.50. The minimum atomic E-state index is -0.769. The molecule has 3 rings (SSSR count). The maximum Gasteiger partial charge on any atom is 0.294 e. The summed E-state index contributed by atoms with van der Waals surface area (Å²) in [6.07, 6.45) is 3.97. The quantitative estimate of drug-likeness (QED) is 0.402. The van der Waals surface area contributed by atoms with Gasteiger partial charge in [0, 0.05) is 30.2 Å². The zero-order valence-corrected chi connectivity index (χ0v) is 17.7. The predicted octanol–water partition coefficient (Wildman–Crippen LogP) is 4.67. The third-order valence-electron chi connectivity index (χ3n) is 6.60. The molecule has 1 heterocycles. The Kier molecular flexibility index (Phi) is 5.79. The highest BCUT2D eigenvalue weighted by Gasteiger charge is 2.47. The number of carbonyl (C=O) groups is 1. The number of hydrogen-bond acceptors (Lipinski definition) is 6. The molecule has 0 unspecified atom stereocenters. The molecule has 1 N–H and O–H groups in total. The molecule has 1 aromatic carbocycles. The normalized spacial score (nSPS) is 23.0. The van der Waals surface area contributed by atoms with Gasteiger partial charge in [0.15, 0.2) is 0 Å². The fraction of sp³-hybridized carbons (Fsp3) is 0.682. The van der Waals surface area contributed by atoms with Crippen LogP contribution in [0.1, 0.15) is 83.3 Å². The largest absolute Gasteiger partial charge is 0.508 e. The number of carbonyl (C=O) groups excluding carboxylic acids is 1. The lowest BCUT2D eigenvalue weighted by molar-refractivity contribution is -0.757. The monoisotopic (exact) mass is 405 g/mol. The van der Waals surface area contributed by atoms with Crippen LogP contribution in [0.2, 0.25) is 0 Å². The molecule has 7 nitrogen and oxygen atoms in total. The van der Waals surface area contributed by atoms with Crippen LogP contribution in [0.4, 0.5) is 0 Å². The molecule has 160 valence electrons. The Morgan fingerprint density at radius 2 is 2.07 bits per heavy atom. The van der Waals surface area contributed by atoms with E-state index in [2.05, 4.69) is 32.5 Å². The Bertz CT molecular complexity index is 801. The van der Waals surface area contributed by atoms with Crippen molar-refractivity contribution in [3.63, 3.8) is 0 Å². The Morgan fingerprint density at radius 3 is 2.76 bits per heavy atom. The van der Waals surface area contributed by atoms with Crippen molar-refractivity contribution in [3.05, 3.63) is 33.4 Å². The summed E-state index contributed by atoms with van der Waals surface area (Å²) >= 11 is 0. The molecule has 0 amide bonds. The molecule has 0 bridgehead atoms. The van der Waals surface area contributed by atoms with Crippen molar-refractivity contribution in [1.82, 2.24) is 0 Å². The number of fused-ring (bicyclic) bond motifs is 3. The summed E-state index contributed by atoms with van der Waals surface area (Å²) in [6, 6.07) is 3.80. The van der Waals surface area contributed by atoms with Gasteiger partial charge in [-0.3, -0.25) is 4.79 Å². The van der Waals surface area contributed by atoms with Gasteiger partial charge in [-0.05, 0) is 56.2 Å². The van der Waals surface area contributed by atoms with Crippen molar-refractivity contribution >= 4 is 5.78 Å². The van der Waals surface area contributed by atoms with Gasteiger partial charge in [0.1, 0.15) is 22.9 Å². The molecule has 0 radical (unpaired) electrons. The van der Waals surface area contributed by atoms with Crippen molar-refractivity contribution in [1.29, 1.82) is 0 Å². The smallest absolute Gasteiger partial charge is 0.294 e. The molecular weight excluding hydrogens is 374 g/mol. The van der Waals surface area contributed by atoms with E-state index < -0.39 is 10.7 Å². The Balaban J connectivity index is 1.82. The van der Waals surface area contributed by atoms with Crippen LogP contribution in [-0.4, -0.2) is 28.2 Å². The minimum Gasteiger partial charge on any atom is -0.508 e. The van der Waals surface area contributed by atoms with Crippen LogP contribution in [0.3, 0.4) is 0 Å². The Labute approximate surface area is 171 Å². The molecule has 0 saturated heterocycles. The highest BCUT2D eigenvalue weighted by Crippen LogP contribution is 2.54. The van der Waals surface area contributed by atoms with Gasteiger partial charge >= 0.3 is 0 Å². The molecule has 1 aliphatic heterocycles. The summed E-state index contributed by atoms with van der Waals surface area (Å²) in [5.74, 6) is 1.31. The van der Waals surface area contributed by atoms with Gasteiger partial charge in [-0.15, -0.1) is 10.1 Å². The van der Waals surface area contributed by atoms with E-state index in [0.717, 1.165) is 30.4 Å². The molecule has 1 saturated carbocycles. The molecule has 0 aromatic heterocycles. The number of rotatable bonds is 7. The third-order valence-corrected chi connectivity index (χ3v) is 6.60. The van der Waals surface area contributed by atoms with E-state index in [1.807, 2.05) is 6.07 Å². The van der Waals surface area contributed by atoms with E-state index in [1.54, 1.807) is 6.07 Å². The topological polar surface area (TPSA) is 98.9 Å². The van der Waals surface area contributed by atoms with Crippen LogP contribution < -0.4 is 4.74 Å². The lowest BCUT2D eigenvalue weighted by atomic mass is 9.66. The highest BCUT2D eigenvalue weighted by molar-refractivity contribution is 5.81. The second kappa shape index (κ2) is 7.84. The van der Waals surface area contributed by atoms with Gasteiger partial charge in [0.25, 0.3) is 5.09 Å². The van der Waals surface area contributed by atoms with E-state index in [1.165, 1.54) is 0 Å². The zero-order chi connectivity index (χ0) is 21.4. The van der Waals surface area contributed by atoms with Gasteiger partial charge in [-0.1, -0.05) is 20.3 Å². The van der Waals surface area contributed by atoms with E-state index >= 15 is 0 Å². The van der Waals surface area contributed by atoms with Crippen LogP contribution in [-0.2, 0) is 15.0 Å². The number of ether oxygens (including phenoxy) is 1. The highest BCUT2D eigenvalue weighted by atomic mass is 16.9. The van der Waals surface area contributed by atoms with E-state index in [4.69, 9.17) is 4.74 Å². The van der Waals surface area contributed by atoms with Crippen LogP contribution in [0.15, 0.2) is 12.1 Å². The standard InChI is InChI=1S/C22H31NO6/c1-21(2,9-5-6-10-28-23(26)27)14-11-18(25)20-16-13-15(24)7-8-17(16)22(3,4)29-19(20)12-14/h11-12,16-17,25H,5-10,13H2,1-4H3/t16-,17-/m1/s1. The summed E-state index contributed by atoms with van der Waals surface area (Å²) in [4.78, 5) is 26.7. The van der Waals surface area contributed by atoms with E-state index in [-0.39, 0.29) is 35.4 Å². The average Bonchev–Trinajstić information content (AvgIpc) is 2.59. The van der Waals surface area contributed by atoms with Gasteiger partial charge < -0.3 is 14.7 Å². The first kappa shape index (κ1) is 21.4. The van der Waals surface area contributed by atoms with Gasteiger partial charge in [0.2, 0.25) is 0 Å². The van der Waals surface area contributed by atoms with E-state index in [0.29, 0.717) is 25.0 Å². The maximum atomic E-state index is 12.1. The zero-order valence-electron chi connectivity index (χ0n) is 17.7. The summed E-state index contributed by atoms with van der Waals surface area (Å²) in [5.41, 5.74) is 1.09. The van der Waals surface area contributed by atoms with Gasteiger partial charge in [-0.25, -0.2) is 0 Å². The number of phenolic OH excluding ortho intramolecular Hbond substituents is 1. The number of Topliss-reactive ketones (excluding diaryl/α,β-unsaturated/α-hetero) is 1. The van der Waals surface area contributed by atoms with Crippen LogP contribution in [0.5, 0.6) is 11.5 Å². The Hall–Kier alpha value is -2.31. The molecule has 1 aliphatic carbocycles. The first-order valence-electron chi connectivity index (χ1n) is 10.4.